The van der Waals surface area contributed by atoms with E-state index in [9.17, 15) is 14.4 Å². The quantitative estimate of drug-likeness (QED) is 0.837. The maximum atomic E-state index is 12.5. The molecule has 27 heavy (non-hydrogen) atoms. The molecule has 0 aromatic heterocycles. The number of halogens is 1. The minimum Gasteiger partial charge on any atom is -0.355 e. The number of carbonyl (C=O) groups is 3. The third kappa shape index (κ3) is 5.22. The minimum atomic E-state index is -0.0962. The standard InChI is InChI=1S/C20H26ClN3O3/c21-17-5-3-16(4-6-17)20(27)24-13-8-15(9-14-24)19(26)22-10-7-18(25)23-11-1-2-12-23/h3-6,15H,1-2,7-14H2,(H,22,26). The summed E-state index contributed by atoms with van der Waals surface area (Å²) >= 11 is 5.86. The molecule has 0 spiro atoms. The van der Waals surface area contributed by atoms with Crippen LogP contribution < -0.4 is 5.32 Å². The van der Waals surface area contributed by atoms with Crippen molar-refractivity contribution in [3.05, 3.63) is 34.9 Å². The lowest BCUT2D eigenvalue weighted by atomic mass is 9.95. The van der Waals surface area contributed by atoms with Crippen LogP contribution in [0.4, 0.5) is 0 Å². The third-order valence-electron chi connectivity index (χ3n) is 5.34. The van der Waals surface area contributed by atoms with E-state index >= 15 is 0 Å². The van der Waals surface area contributed by atoms with Crippen LogP contribution in [0.3, 0.4) is 0 Å². The smallest absolute Gasteiger partial charge is 0.253 e. The SMILES string of the molecule is O=C(NCCC(=O)N1CCCC1)C1CCN(C(=O)c2ccc(Cl)cc2)CC1. The molecule has 0 aliphatic carbocycles. The van der Waals surface area contributed by atoms with E-state index in [1.54, 1.807) is 29.2 Å². The van der Waals surface area contributed by atoms with Crippen molar-refractivity contribution in [1.29, 1.82) is 0 Å². The highest BCUT2D eigenvalue weighted by atomic mass is 35.5. The fourth-order valence-corrected chi connectivity index (χ4v) is 3.81. The first-order valence-corrected chi connectivity index (χ1v) is 10.0. The van der Waals surface area contributed by atoms with Gasteiger partial charge in [0, 0.05) is 55.6 Å². The molecule has 3 amide bonds. The van der Waals surface area contributed by atoms with Crippen LogP contribution in [-0.2, 0) is 9.59 Å². The zero-order valence-electron chi connectivity index (χ0n) is 15.5. The monoisotopic (exact) mass is 391 g/mol. The Hall–Kier alpha value is -2.08. The van der Waals surface area contributed by atoms with Crippen LogP contribution in [0, 0.1) is 5.92 Å². The Labute approximate surface area is 164 Å². The van der Waals surface area contributed by atoms with E-state index in [-0.39, 0.29) is 23.6 Å². The van der Waals surface area contributed by atoms with Crippen LogP contribution in [0.25, 0.3) is 0 Å². The Bertz CT molecular complexity index is 678. The first kappa shape index (κ1) is 19.7. The number of likely N-dealkylation sites (tertiary alicyclic amines) is 2. The summed E-state index contributed by atoms with van der Waals surface area (Å²) in [4.78, 5) is 40.5. The summed E-state index contributed by atoms with van der Waals surface area (Å²) in [7, 11) is 0. The molecule has 2 fully saturated rings. The highest BCUT2D eigenvalue weighted by molar-refractivity contribution is 6.30. The van der Waals surface area contributed by atoms with Gasteiger partial charge < -0.3 is 15.1 Å². The molecular weight excluding hydrogens is 366 g/mol. The molecule has 1 aromatic rings. The van der Waals surface area contributed by atoms with Gasteiger partial charge in [0.15, 0.2) is 0 Å². The number of nitrogens with zero attached hydrogens (tertiary/aromatic N) is 2. The third-order valence-corrected chi connectivity index (χ3v) is 5.59. The number of hydrogen-bond donors (Lipinski definition) is 1. The van der Waals surface area contributed by atoms with Gasteiger partial charge in [-0.15, -0.1) is 0 Å². The lowest BCUT2D eigenvalue weighted by molar-refractivity contribution is -0.130. The van der Waals surface area contributed by atoms with Crippen molar-refractivity contribution in [1.82, 2.24) is 15.1 Å². The van der Waals surface area contributed by atoms with Crippen molar-refractivity contribution in [3.63, 3.8) is 0 Å². The summed E-state index contributed by atoms with van der Waals surface area (Å²) in [6.07, 6.45) is 3.80. The van der Waals surface area contributed by atoms with E-state index in [4.69, 9.17) is 11.6 Å². The zero-order valence-corrected chi connectivity index (χ0v) is 16.2. The summed E-state index contributed by atoms with van der Waals surface area (Å²) in [5.74, 6) is -0.0121. The summed E-state index contributed by atoms with van der Waals surface area (Å²) in [5, 5.41) is 3.49. The molecule has 0 atom stereocenters. The maximum Gasteiger partial charge on any atom is 0.253 e. The topological polar surface area (TPSA) is 69.7 Å². The van der Waals surface area contributed by atoms with Crippen molar-refractivity contribution >= 4 is 29.3 Å². The van der Waals surface area contributed by atoms with Crippen LogP contribution in [0.2, 0.25) is 5.02 Å². The molecule has 0 radical (unpaired) electrons. The summed E-state index contributed by atoms with van der Waals surface area (Å²) in [6.45, 7) is 3.19. The Kier molecular flexibility index (Phi) is 6.72. The number of piperidine rings is 1. The minimum absolute atomic E-state index is 0.0113. The van der Waals surface area contributed by atoms with Gasteiger partial charge in [0.05, 0.1) is 0 Å². The number of rotatable bonds is 5. The molecule has 2 aliphatic rings. The average molecular weight is 392 g/mol. The Balaban J connectivity index is 1.39. The summed E-state index contributed by atoms with van der Waals surface area (Å²) in [5.41, 5.74) is 0.614. The molecule has 2 saturated heterocycles. The zero-order chi connectivity index (χ0) is 19.2. The molecule has 1 aromatic carbocycles. The molecule has 1 N–H and O–H groups in total. The van der Waals surface area contributed by atoms with Gasteiger partial charge in [0.1, 0.15) is 0 Å². The van der Waals surface area contributed by atoms with Gasteiger partial charge in [0.25, 0.3) is 5.91 Å². The second kappa shape index (κ2) is 9.22. The fourth-order valence-electron chi connectivity index (χ4n) is 3.68. The fraction of sp³-hybridized carbons (Fsp3) is 0.550. The second-order valence-electron chi connectivity index (χ2n) is 7.20. The van der Waals surface area contributed by atoms with Gasteiger partial charge in [-0.3, -0.25) is 14.4 Å². The number of carbonyl (C=O) groups excluding carboxylic acids is 3. The van der Waals surface area contributed by atoms with Crippen LogP contribution in [-0.4, -0.2) is 60.2 Å². The molecule has 2 aliphatic heterocycles. The van der Waals surface area contributed by atoms with E-state index in [0.717, 1.165) is 25.9 Å². The number of amides is 3. The van der Waals surface area contributed by atoms with Crippen LogP contribution >= 0.6 is 11.6 Å². The van der Waals surface area contributed by atoms with E-state index in [1.165, 1.54) is 0 Å². The molecule has 2 heterocycles. The number of benzene rings is 1. The van der Waals surface area contributed by atoms with Gasteiger partial charge in [-0.25, -0.2) is 0 Å². The molecule has 6 nitrogen and oxygen atoms in total. The van der Waals surface area contributed by atoms with E-state index in [1.807, 2.05) is 4.90 Å². The number of nitrogens with one attached hydrogen (secondary N) is 1. The Morgan fingerprint density at radius 2 is 1.59 bits per heavy atom. The predicted molar refractivity (Wildman–Crippen MR) is 104 cm³/mol. The van der Waals surface area contributed by atoms with Gasteiger partial charge in [0.2, 0.25) is 11.8 Å². The second-order valence-corrected chi connectivity index (χ2v) is 7.64. The van der Waals surface area contributed by atoms with E-state index < -0.39 is 0 Å². The lowest BCUT2D eigenvalue weighted by Gasteiger charge is -2.31. The van der Waals surface area contributed by atoms with Crippen molar-refractivity contribution in [2.24, 2.45) is 5.92 Å². The van der Waals surface area contributed by atoms with Gasteiger partial charge >= 0.3 is 0 Å². The Morgan fingerprint density at radius 1 is 0.963 bits per heavy atom. The summed E-state index contributed by atoms with van der Waals surface area (Å²) in [6, 6.07) is 6.86. The van der Waals surface area contributed by atoms with Crippen molar-refractivity contribution < 1.29 is 14.4 Å². The highest BCUT2D eigenvalue weighted by Crippen LogP contribution is 2.20. The van der Waals surface area contributed by atoms with Crippen LogP contribution in [0.15, 0.2) is 24.3 Å². The lowest BCUT2D eigenvalue weighted by Crippen LogP contribution is -2.43. The molecule has 0 unspecified atom stereocenters. The first-order chi connectivity index (χ1) is 13.0. The Morgan fingerprint density at radius 3 is 2.22 bits per heavy atom. The highest BCUT2D eigenvalue weighted by Gasteiger charge is 2.28. The normalized spacial score (nSPS) is 17.8. The van der Waals surface area contributed by atoms with Crippen LogP contribution in [0.5, 0.6) is 0 Å². The van der Waals surface area contributed by atoms with Gasteiger partial charge in [-0.1, -0.05) is 11.6 Å². The molecular formula is C20H26ClN3O3. The van der Waals surface area contributed by atoms with Crippen molar-refractivity contribution in [2.75, 3.05) is 32.7 Å². The molecule has 0 bridgehead atoms. The molecule has 7 heteroatoms. The largest absolute Gasteiger partial charge is 0.355 e. The van der Waals surface area contributed by atoms with Gasteiger partial charge in [-0.05, 0) is 49.9 Å². The van der Waals surface area contributed by atoms with Gasteiger partial charge in [-0.2, -0.15) is 0 Å². The molecule has 3 rings (SSSR count). The van der Waals surface area contributed by atoms with Crippen LogP contribution in [0.1, 0.15) is 42.5 Å². The van der Waals surface area contributed by atoms with Crippen molar-refractivity contribution in [2.45, 2.75) is 32.1 Å². The molecule has 146 valence electrons. The predicted octanol–water partition coefficient (Wildman–Crippen LogP) is 2.32. The van der Waals surface area contributed by atoms with E-state index in [0.29, 0.717) is 49.5 Å². The maximum absolute atomic E-state index is 12.5. The van der Waals surface area contributed by atoms with Crippen molar-refractivity contribution in [3.8, 4) is 0 Å². The van der Waals surface area contributed by atoms with E-state index in [2.05, 4.69) is 5.32 Å². The first-order valence-electron chi connectivity index (χ1n) is 9.65. The summed E-state index contributed by atoms with van der Waals surface area (Å²) < 4.78 is 0. The average Bonchev–Trinajstić information content (AvgIpc) is 3.23. The molecule has 0 saturated carbocycles. The number of hydrogen-bond acceptors (Lipinski definition) is 3.